The molecule has 0 bridgehead atoms. The number of fused-ring (bicyclic) bond motifs is 2. The third kappa shape index (κ3) is 4.39. The number of carbonyl (C=O) groups excluding carboxylic acids is 1. The van der Waals surface area contributed by atoms with Gasteiger partial charge in [0.15, 0.2) is 16.6 Å². The molecule has 160 valence electrons. The molecule has 4 rings (SSSR count). The van der Waals surface area contributed by atoms with Gasteiger partial charge < -0.3 is 24.8 Å². The Labute approximate surface area is 185 Å². The summed E-state index contributed by atoms with van der Waals surface area (Å²) in [6.45, 7) is 4.46. The number of nitrogens with one attached hydrogen (secondary N) is 2. The topological polar surface area (TPSA) is 68.8 Å². The minimum atomic E-state index is -0.272. The fourth-order valence-corrected chi connectivity index (χ4v) is 5.48. The molecule has 0 radical (unpaired) electrons. The molecule has 0 saturated heterocycles. The molecular formula is C22H26N2O4S2. The van der Waals surface area contributed by atoms with Crippen LogP contribution in [0, 0.1) is 0 Å². The predicted molar refractivity (Wildman–Crippen MR) is 122 cm³/mol. The van der Waals surface area contributed by atoms with E-state index < -0.39 is 0 Å². The molecule has 0 saturated carbocycles. The van der Waals surface area contributed by atoms with Gasteiger partial charge >= 0.3 is 5.97 Å². The van der Waals surface area contributed by atoms with Crippen molar-refractivity contribution in [3.8, 4) is 11.5 Å². The highest BCUT2D eigenvalue weighted by Gasteiger charge is 2.26. The van der Waals surface area contributed by atoms with Crippen LogP contribution in [0.3, 0.4) is 0 Å². The van der Waals surface area contributed by atoms with Gasteiger partial charge in [0.2, 0.25) is 6.79 Å². The van der Waals surface area contributed by atoms with Crippen molar-refractivity contribution in [1.82, 2.24) is 5.32 Å². The van der Waals surface area contributed by atoms with Crippen LogP contribution in [0.25, 0.3) is 0 Å². The van der Waals surface area contributed by atoms with Gasteiger partial charge in [-0.2, -0.15) is 0 Å². The van der Waals surface area contributed by atoms with E-state index in [0.717, 1.165) is 53.3 Å². The van der Waals surface area contributed by atoms with Crippen LogP contribution >= 0.6 is 23.6 Å². The Hall–Kier alpha value is -2.32. The summed E-state index contributed by atoms with van der Waals surface area (Å²) in [7, 11) is 0. The number of ether oxygens (including phenoxy) is 3. The van der Waals surface area contributed by atoms with E-state index in [0.29, 0.717) is 17.3 Å². The van der Waals surface area contributed by atoms with Crippen molar-refractivity contribution in [1.29, 1.82) is 0 Å². The summed E-state index contributed by atoms with van der Waals surface area (Å²) in [5, 5.41) is 7.82. The molecule has 1 aromatic heterocycles. The maximum absolute atomic E-state index is 12.7. The summed E-state index contributed by atoms with van der Waals surface area (Å²) in [6.07, 6.45) is 5.36. The van der Waals surface area contributed by atoms with E-state index in [1.165, 1.54) is 11.3 Å². The van der Waals surface area contributed by atoms with E-state index in [1.54, 1.807) is 11.3 Å². The fourth-order valence-electron chi connectivity index (χ4n) is 3.85. The third-order valence-electron chi connectivity index (χ3n) is 5.37. The molecule has 0 amide bonds. The Balaban J connectivity index is 1.50. The highest BCUT2D eigenvalue weighted by Crippen LogP contribution is 2.38. The van der Waals surface area contributed by atoms with Gasteiger partial charge in [-0.15, -0.1) is 11.3 Å². The number of carbonyl (C=O) groups is 1. The zero-order valence-corrected chi connectivity index (χ0v) is 18.8. The Morgan fingerprint density at radius 1 is 1.23 bits per heavy atom. The molecule has 8 heteroatoms. The number of hydrogen-bond donors (Lipinski definition) is 2. The second-order valence-corrected chi connectivity index (χ2v) is 8.94. The SMILES string of the molecule is CCOC(=O)c1c(NC(=S)N[C@H](C)c2ccc3c(c2)OCO3)sc2c1CCCCC2. The van der Waals surface area contributed by atoms with Gasteiger partial charge in [0.1, 0.15) is 5.00 Å². The molecule has 2 heterocycles. The normalized spacial score (nSPS) is 15.7. The first-order valence-electron chi connectivity index (χ1n) is 10.4. The van der Waals surface area contributed by atoms with Crippen LogP contribution in [0.5, 0.6) is 11.5 Å². The summed E-state index contributed by atoms with van der Waals surface area (Å²) in [6, 6.07) is 5.82. The first-order chi connectivity index (χ1) is 14.6. The van der Waals surface area contributed by atoms with Crippen molar-refractivity contribution < 1.29 is 19.0 Å². The highest BCUT2D eigenvalue weighted by atomic mass is 32.1. The molecule has 0 fully saturated rings. The number of esters is 1. The van der Waals surface area contributed by atoms with Crippen molar-refractivity contribution in [3.63, 3.8) is 0 Å². The zero-order chi connectivity index (χ0) is 21.1. The average molecular weight is 447 g/mol. The first kappa shape index (κ1) is 20.9. The number of hydrogen-bond acceptors (Lipinski definition) is 6. The lowest BCUT2D eigenvalue weighted by molar-refractivity contribution is 0.0527. The van der Waals surface area contributed by atoms with Crippen molar-refractivity contribution in [3.05, 3.63) is 39.8 Å². The Kier molecular flexibility index (Phi) is 6.43. The van der Waals surface area contributed by atoms with Crippen LogP contribution in [0.1, 0.15) is 65.5 Å². The molecule has 1 atom stereocenters. The summed E-state index contributed by atoms with van der Waals surface area (Å²) < 4.78 is 16.2. The van der Waals surface area contributed by atoms with E-state index in [1.807, 2.05) is 32.0 Å². The molecule has 30 heavy (non-hydrogen) atoms. The summed E-state index contributed by atoms with van der Waals surface area (Å²) in [5.74, 6) is 1.23. The molecule has 0 unspecified atom stereocenters. The van der Waals surface area contributed by atoms with Gasteiger partial charge in [0.05, 0.1) is 18.2 Å². The maximum atomic E-state index is 12.7. The molecule has 2 aliphatic rings. The predicted octanol–water partition coefficient (Wildman–Crippen LogP) is 4.97. The van der Waals surface area contributed by atoms with E-state index in [-0.39, 0.29) is 18.8 Å². The van der Waals surface area contributed by atoms with Crippen molar-refractivity contribution >= 4 is 39.6 Å². The van der Waals surface area contributed by atoms with Crippen LogP contribution in [-0.2, 0) is 17.6 Å². The first-order valence-corrected chi connectivity index (χ1v) is 11.6. The summed E-state index contributed by atoms with van der Waals surface area (Å²) in [4.78, 5) is 14.0. The van der Waals surface area contributed by atoms with Crippen LogP contribution in [0.2, 0.25) is 0 Å². The molecule has 1 aliphatic heterocycles. The number of thiocarbonyl (C=S) groups is 1. The van der Waals surface area contributed by atoms with Gasteiger partial charge in [-0.25, -0.2) is 4.79 Å². The van der Waals surface area contributed by atoms with Crippen LogP contribution in [-0.4, -0.2) is 24.5 Å². The smallest absolute Gasteiger partial charge is 0.341 e. The van der Waals surface area contributed by atoms with Gasteiger partial charge in [-0.05, 0) is 75.0 Å². The fraction of sp³-hybridized carbons (Fsp3) is 0.455. The van der Waals surface area contributed by atoms with E-state index in [9.17, 15) is 4.79 Å². The van der Waals surface area contributed by atoms with E-state index >= 15 is 0 Å². The zero-order valence-electron chi connectivity index (χ0n) is 17.2. The minimum Gasteiger partial charge on any atom is -0.462 e. The molecular weight excluding hydrogens is 420 g/mol. The molecule has 2 N–H and O–H groups in total. The second kappa shape index (κ2) is 9.22. The maximum Gasteiger partial charge on any atom is 0.341 e. The Morgan fingerprint density at radius 2 is 2.03 bits per heavy atom. The van der Waals surface area contributed by atoms with Gasteiger partial charge in [-0.1, -0.05) is 12.5 Å². The number of aryl methyl sites for hydroxylation is 1. The van der Waals surface area contributed by atoms with Crippen LogP contribution < -0.4 is 20.1 Å². The van der Waals surface area contributed by atoms with Crippen LogP contribution in [0.4, 0.5) is 5.00 Å². The van der Waals surface area contributed by atoms with Crippen LogP contribution in [0.15, 0.2) is 18.2 Å². The van der Waals surface area contributed by atoms with Crippen molar-refractivity contribution in [2.24, 2.45) is 0 Å². The van der Waals surface area contributed by atoms with E-state index in [2.05, 4.69) is 10.6 Å². The standard InChI is InChI=1S/C22H26N2O4S2/c1-3-26-21(25)19-15-7-5-4-6-8-18(15)30-20(19)24-22(29)23-13(2)14-9-10-16-17(11-14)28-12-27-16/h9-11,13H,3-8,12H2,1-2H3,(H2,23,24,29)/t13-/m1/s1. The molecule has 6 nitrogen and oxygen atoms in total. The van der Waals surface area contributed by atoms with Crippen molar-refractivity contribution in [2.75, 3.05) is 18.7 Å². The van der Waals surface area contributed by atoms with E-state index in [4.69, 9.17) is 26.4 Å². The average Bonchev–Trinajstić information content (AvgIpc) is 3.25. The van der Waals surface area contributed by atoms with Gasteiger partial charge in [-0.3, -0.25) is 0 Å². The largest absolute Gasteiger partial charge is 0.462 e. The molecule has 1 aromatic carbocycles. The highest BCUT2D eigenvalue weighted by molar-refractivity contribution is 7.80. The number of rotatable bonds is 5. The summed E-state index contributed by atoms with van der Waals surface area (Å²) >= 11 is 7.19. The van der Waals surface area contributed by atoms with Gasteiger partial charge in [0, 0.05) is 4.88 Å². The molecule has 0 spiro atoms. The third-order valence-corrected chi connectivity index (χ3v) is 6.80. The second-order valence-electron chi connectivity index (χ2n) is 7.42. The Bertz CT molecular complexity index is 957. The summed E-state index contributed by atoms with van der Waals surface area (Å²) in [5.41, 5.74) is 2.82. The lowest BCUT2D eigenvalue weighted by Crippen LogP contribution is -2.31. The minimum absolute atomic E-state index is 0.0386. The van der Waals surface area contributed by atoms with Crippen molar-refractivity contribution in [2.45, 2.75) is 52.0 Å². The number of benzene rings is 1. The van der Waals surface area contributed by atoms with Gasteiger partial charge in [0.25, 0.3) is 0 Å². The molecule has 2 aromatic rings. The monoisotopic (exact) mass is 446 g/mol. The Morgan fingerprint density at radius 3 is 2.87 bits per heavy atom. The quantitative estimate of drug-likeness (QED) is 0.382. The number of thiophene rings is 1. The lowest BCUT2D eigenvalue weighted by Gasteiger charge is -2.18. The molecule has 1 aliphatic carbocycles. The number of anilines is 1. The lowest BCUT2D eigenvalue weighted by atomic mass is 10.1.